The molecule has 4 nitrogen and oxygen atoms in total. The lowest BCUT2D eigenvalue weighted by Crippen LogP contribution is -2.49. The molecule has 0 spiro atoms. The van der Waals surface area contributed by atoms with Gasteiger partial charge in [-0.1, -0.05) is 0 Å². The highest BCUT2D eigenvalue weighted by Crippen LogP contribution is 2.38. The van der Waals surface area contributed by atoms with E-state index < -0.39 is 5.60 Å². The third-order valence-electron chi connectivity index (χ3n) is 3.09. The van der Waals surface area contributed by atoms with Crippen molar-refractivity contribution in [2.24, 2.45) is 5.92 Å². The third-order valence-corrected chi connectivity index (χ3v) is 3.09. The molecule has 2 unspecified atom stereocenters. The maximum atomic E-state index is 11.6. The van der Waals surface area contributed by atoms with Gasteiger partial charge in [-0.25, -0.2) is 0 Å². The molecule has 1 saturated carbocycles. The molecule has 0 radical (unpaired) electrons. The number of hydrogen-bond acceptors (Lipinski definition) is 3. The summed E-state index contributed by atoms with van der Waals surface area (Å²) < 4.78 is 5.61. The normalized spacial score (nSPS) is 31.7. The zero-order valence-electron chi connectivity index (χ0n) is 9.32. The van der Waals surface area contributed by atoms with Crippen molar-refractivity contribution in [2.45, 2.75) is 50.9 Å². The summed E-state index contributed by atoms with van der Waals surface area (Å²) in [5.74, 6) is 0.322. The van der Waals surface area contributed by atoms with Crippen LogP contribution in [0.5, 0.6) is 0 Å². The number of ether oxygens (including phenoxy) is 1. The fraction of sp³-hybridized carbons (Fsp3) is 0.909. The molecule has 0 aromatic heterocycles. The quantitative estimate of drug-likeness (QED) is 0.715. The predicted octanol–water partition coefficient (Wildman–Crippen LogP) is 0.441. The molecule has 0 aromatic carbocycles. The van der Waals surface area contributed by atoms with E-state index >= 15 is 0 Å². The van der Waals surface area contributed by atoms with Crippen molar-refractivity contribution in [3.63, 3.8) is 0 Å². The van der Waals surface area contributed by atoms with Gasteiger partial charge in [0.15, 0.2) is 0 Å². The third kappa shape index (κ3) is 2.49. The molecule has 15 heavy (non-hydrogen) atoms. The summed E-state index contributed by atoms with van der Waals surface area (Å²) in [6.07, 6.45) is 3.46. The van der Waals surface area contributed by atoms with Crippen molar-refractivity contribution < 1.29 is 14.6 Å². The zero-order chi connectivity index (χ0) is 11.1. The largest absolute Gasteiger partial charge is 0.381 e. The monoisotopic (exact) mass is 213 g/mol. The van der Waals surface area contributed by atoms with Gasteiger partial charge in [0.1, 0.15) is 5.60 Å². The first-order valence-corrected chi connectivity index (χ1v) is 5.63. The second-order valence-corrected chi connectivity index (χ2v) is 5.10. The summed E-state index contributed by atoms with van der Waals surface area (Å²) in [4.78, 5) is 11.6. The average molecular weight is 213 g/mol. The highest BCUT2D eigenvalue weighted by molar-refractivity contribution is 5.84. The van der Waals surface area contributed by atoms with Crippen LogP contribution in [0.3, 0.4) is 0 Å². The molecular weight excluding hydrogens is 194 g/mol. The van der Waals surface area contributed by atoms with Gasteiger partial charge in [0.05, 0.1) is 12.1 Å². The minimum Gasteiger partial charge on any atom is -0.381 e. The van der Waals surface area contributed by atoms with E-state index in [0.29, 0.717) is 5.92 Å². The Balaban J connectivity index is 1.90. The molecule has 1 aliphatic heterocycles. The molecule has 2 N–H and O–H groups in total. The lowest BCUT2D eigenvalue weighted by molar-refractivity contribution is -0.137. The smallest absolute Gasteiger partial charge is 0.251 e. The number of amides is 1. The van der Waals surface area contributed by atoms with Gasteiger partial charge in [0, 0.05) is 6.61 Å². The van der Waals surface area contributed by atoms with Crippen LogP contribution < -0.4 is 5.32 Å². The first kappa shape index (κ1) is 10.9. The van der Waals surface area contributed by atoms with Crippen molar-refractivity contribution in [2.75, 3.05) is 6.61 Å². The van der Waals surface area contributed by atoms with E-state index in [9.17, 15) is 9.90 Å². The Labute approximate surface area is 90.0 Å². The van der Waals surface area contributed by atoms with Crippen LogP contribution in [-0.2, 0) is 9.53 Å². The molecule has 2 rings (SSSR count). The van der Waals surface area contributed by atoms with Crippen LogP contribution in [0.2, 0.25) is 0 Å². The molecule has 2 fully saturated rings. The van der Waals surface area contributed by atoms with Crippen molar-refractivity contribution in [1.29, 1.82) is 0 Å². The maximum Gasteiger partial charge on any atom is 0.251 e. The van der Waals surface area contributed by atoms with E-state index in [-0.39, 0.29) is 18.1 Å². The Morgan fingerprint density at radius 3 is 2.60 bits per heavy atom. The Morgan fingerprint density at radius 1 is 1.40 bits per heavy atom. The molecular formula is C11H19NO3. The number of aliphatic hydroxyl groups is 1. The van der Waals surface area contributed by atoms with Gasteiger partial charge in [-0.3, -0.25) is 4.79 Å². The maximum absolute atomic E-state index is 11.6. The van der Waals surface area contributed by atoms with Crippen LogP contribution in [-0.4, -0.2) is 35.4 Å². The van der Waals surface area contributed by atoms with Gasteiger partial charge < -0.3 is 15.2 Å². The summed E-state index contributed by atoms with van der Waals surface area (Å²) >= 11 is 0. The highest BCUT2D eigenvalue weighted by Gasteiger charge is 2.42. The molecule has 0 bridgehead atoms. The van der Waals surface area contributed by atoms with Crippen LogP contribution in [0.25, 0.3) is 0 Å². The summed E-state index contributed by atoms with van der Waals surface area (Å²) in [6, 6.07) is 0.0939. The summed E-state index contributed by atoms with van der Waals surface area (Å²) in [6.45, 7) is 3.73. The van der Waals surface area contributed by atoms with Gasteiger partial charge in [0.25, 0.3) is 5.91 Å². The molecule has 1 aliphatic carbocycles. The molecule has 1 saturated heterocycles. The molecule has 1 heterocycles. The van der Waals surface area contributed by atoms with Gasteiger partial charge in [-0.05, 0) is 39.0 Å². The highest BCUT2D eigenvalue weighted by atomic mass is 16.5. The molecule has 1 amide bonds. The molecule has 0 aromatic rings. The van der Waals surface area contributed by atoms with Crippen molar-refractivity contribution >= 4 is 5.91 Å². The van der Waals surface area contributed by atoms with Gasteiger partial charge in [-0.2, -0.15) is 0 Å². The SMILES string of the molecule is CC(C)(O)C(=O)NC1CCOC1C1CC1. The Hall–Kier alpha value is -0.610. The number of rotatable bonds is 3. The molecule has 4 heteroatoms. The Bertz CT molecular complexity index is 255. The van der Waals surface area contributed by atoms with E-state index in [0.717, 1.165) is 13.0 Å². The van der Waals surface area contributed by atoms with Crippen molar-refractivity contribution in [3.8, 4) is 0 Å². The van der Waals surface area contributed by atoms with Gasteiger partial charge in [-0.15, -0.1) is 0 Å². The van der Waals surface area contributed by atoms with E-state index in [1.54, 1.807) is 0 Å². The number of carbonyl (C=O) groups excluding carboxylic acids is 1. The first-order chi connectivity index (χ1) is 6.98. The predicted molar refractivity (Wildman–Crippen MR) is 55.3 cm³/mol. The second-order valence-electron chi connectivity index (χ2n) is 5.10. The van der Waals surface area contributed by atoms with Gasteiger partial charge in [0.2, 0.25) is 0 Å². The van der Waals surface area contributed by atoms with Crippen molar-refractivity contribution in [1.82, 2.24) is 5.32 Å². The number of carbonyl (C=O) groups is 1. The summed E-state index contributed by atoms with van der Waals surface area (Å²) in [5.41, 5.74) is -1.29. The van der Waals surface area contributed by atoms with Gasteiger partial charge >= 0.3 is 0 Å². The lowest BCUT2D eigenvalue weighted by atomic mass is 10.0. The van der Waals surface area contributed by atoms with Crippen LogP contribution in [0.1, 0.15) is 33.1 Å². The lowest BCUT2D eigenvalue weighted by Gasteiger charge is -2.23. The summed E-state index contributed by atoms with van der Waals surface area (Å²) in [7, 11) is 0. The van der Waals surface area contributed by atoms with E-state index in [1.807, 2.05) is 0 Å². The minimum absolute atomic E-state index is 0.0939. The first-order valence-electron chi connectivity index (χ1n) is 5.63. The fourth-order valence-electron chi connectivity index (χ4n) is 2.00. The molecule has 2 aliphatic rings. The molecule has 2 atom stereocenters. The minimum atomic E-state index is -1.29. The topological polar surface area (TPSA) is 58.6 Å². The van der Waals surface area contributed by atoms with Crippen LogP contribution in [0, 0.1) is 5.92 Å². The average Bonchev–Trinajstić information content (AvgIpc) is 2.86. The number of hydrogen-bond donors (Lipinski definition) is 2. The van der Waals surface area contributed by atoms with Crippen LogP contribution >= 0.6 is 0 Å². The Kier molecular flexibility index (Phi) is 2.73. The van der Waals surface area contributed by atoms with E-state index in [1.165, 1.54) is 26.7 Å². The molecule has 86 valence electrons. The van der Waals surface area contributed by atoms with Crippen molar-refractivity contribution in [3.05, 3.63) is 0 Å². The van der Waals surface area contributed by atoms with E-state index in [4.69, 9.17) is 4.74 Å². The van der Waals surface area contributed by atoms with Crippen LogP contribution in [0.15, 0.2) is 0 Å². The number of nitrogens with one attached hydrogen (secondary N) is 1. The van der Waals surface area contributed by atoms with Crippen LogP contribution in [0.4, 0.5) is 0 Å². The fourth-order valence-corrected chi connectivity index (χ4v) is 2.00. The summed E-state index contributed by atoms with van der Waals surface area (Å²) in [5, 5.41) is 12.4. The standard InChI is InChI=1S/C11H19NO3/c1-11(2,14)10(13)12-8-5-6-15-9(8)7-3-4-7/h7-9,14H,3-6H2,1-2H3,(H,12,13). The zero-order valence-corrected chi connectivity index (χ0v) is 9.32. The van der Waals surface area contributed by atoms with E-state index in [2.05, 4.69) is 5.32 Å². The second kappa shape index (κ2) is 3.76. The Morgan fingerprint density at radius 2 is 2.07 bits per heavy atom.